The highest BCUT2D eigenvalue weighted by Crippen LogP contribution is 2.11. The van der Waals surface area contributed by atoms with Gasteiger partial charge in [-0.25, -0.2) is 4.98 Å². The molecule has 17 heavy (non-hydrogen) atoms. The van der Waals surface area contributed by atoms with Crippen LogP contribution in [0.3, 0.4) is 0 Å². The zero-order valence-corrected chi connectivity index (χ0v) is 10.1. The Hall–Kier alpha value is -1.62. The molecular formula is C11H12ClN3O2. The van der Waals surface area contributed by atoms with Crippen LogP contribution in [0.15, 0.2) is 18.3 Å². The van der Waals surface area contributed by atoms with E-state index in [1.54, 1.807) is 25.4 Å². The molecule has 0 saturated carbocycles. The van der Waals surface area contributed by atoms with E-state index in [-0.39, 0.29) is 0 Å². The molecule has 6 heteroatoms. The Kier molecular flexibility index (Phi) is 3.28. The second-order valence-electron chi connectivity index (χ2n) is 3.94. The number of nitrogens with zero attached hydrogens (tertiary/aromatic N) is 3. The summed E-state index contributed by atoms with van der Waals surface area (Å²) in [6.45, 7) is 1.50. The Bertz CT molecular complexity index is 447. The van der Waals surface area contributed by atoms with Gasteiger partial charge in [0.15, 0.2) is 0 Å². The fraction of sp³-hybridized carbons (Fsp3) is 0.364. The van der Waals surface area contributed by atoms with Gasteiger partial charge in [0, 0.05) is 32.9 Å². The van der Waals surface area contributed by atoms with Gasteiger partial charge >= 0.3 is 11.8 Å². The van der Waals surface area contributed by atoms with Crippen molar-refractivity contribution in [2.24, 2.45) is 0 Å². The average Bonchev–Trinajstić information content (AvgIpc) is 2.33. The fourth-order valence-electron chi connectivity index (χ4n) is 1.64. The third-order valence-electron chi connectivity index (χ3n) is 2.68. The van der Waals surface area contributed by atoms with Gasteiger partial charge in [0.05, 0.1) is 0 Å². The number of piperazine rings is 1. The maximum absolute atomic E-state index is 11.7. The topological polar surface area (TPSA) is 53.5 Å². The van der Waals surface area contributed by atoms with Gasteiger partial charge in [-0.15, -0.1) is 0 Å². The van der Waals surface area contributed by atoms with Crippen LogP contribution in [0.5, 0.6) is 0 Å². The predicted octanol–water partition coefficient (Wildman–Crippen LogP) is 0.536. The van der Waals surface area contributed by atoms with Crippen molar-refractivity contribution in [2.75, 3.05) is 20.1 Å². The molecule has 1 aliphatic rings. The van der Waals surface area contributed by atoms with Crippen LogP contribution in [-0.4, -0.2) is 46.7 Å². The van der Waals surface area contributed by atoms with Crippen LogP contribution in [0.4, 0.5) is 0 Å². The maximum Gasteiger partial charge on any atom is 0.312 e. The van der Waals surface area contributed by atoms with Crippen molar-refractivity contribution in [1.29, 1.82) is 0 Å². The number of likely N-dealkylation sites (N-methyl/N-ethyl adjacent to an activating group) is 1. The van der Waals surface area contributed by atoms with Gasteiger partial charge in [-0.2, -0.15) is 0 Å². The zero-order chi connectivity index (χ0) is 12.4. The van der Waals surface area contributed by atoms with Crippen LogP contribution in [0.1, 0.15) is 5.56 Å². The van der Waals surface area contributed by atoms with Crippen molar-refractivity contribution in [3.05, 3.63) is 29.0 Å². The third kappa shape index (κ3) is 2.55. The second kappa shape index (κ2) is 4.71. The van der Waals surface area contributed by atoms with Crippen LogP contribution < -0.4 is 0 Å². The van der Waals surface area contributed by atoms with Crippen molar-refractivity contribution in [1.82, 2.24) is 14.8 Å². The van der Waals surface area contributed by atoms with Gasteiger partial charge in [-0.3, -0.25) is 9.59 Å². The summed E-state index contributed by atoms with van der Waals surface area (Å²) in [5.41, 5.74) is 0.861. The van der Waals surface area contributed by atoms with Gasteiger partial charge < -0.3 is 9.80 Å². The summed E-state index contributed by atoms with van der Waals surface area (Å²) in [6, 6.07) is 3.46. The lowest BCUT2D eigenvalue weighted by Gasteiger charge is -2.31. The normalized spacial score (nSPS) is 16.6. The van der Waals surface area contributed by atoms with Crippen LogP contribution in [0, 0.1) is 0 Å². The number of halogens is 1. The Morgan fingerprint density at radius 1 is 1.29 bits per heavy atom. The standard InChI is InChI=1S/C11H12ClN3O2/c1-14-4-5-15(11(17)10(14)16)7-8-2-3-9(12)13-6-8/h2-3,6H,4-5,7H2,1H3. The molecule has 2 rings (SSSR count). The average molecular weight is 254 g/mol. The molecule has 1 aliphatic heterocycles. The molecule has 1 aromatic heterocycles. The number of aromatic nitrogens is 1. The molecule has 5 nitrogen and oxygen atoms in total. The smallest absolute Gasteiger partial charge is 0.312 e. The minimum atomic E-state index is -0.464. The minimum absolute atomic E-state index is 0.391. The van der Waals surface area contributed by atoms with Crippen molar-refractivity contribution in [3.63, 3.8) is 0 Å². The largest absolute Gasteiger partial charge is 0.336 e. The summed E-state index contributed by atoms with van der Waals surface area (Å²) in [5.74, 6) is -0.924. The van der Waals surface area contributed by atoms with E-state index in [1.807, 2.05) is 0 Å². The molecule has 2 heterocycles. The van der Waals surface area contributed by atoms with Gasteiger partial charge in [0.25, 0.3) is 0 Å². The zero-order valence-electron chi connectivity index (χ0n) is 9.39. The minimum Gasteiger partial charge on any atom is -0.336 e. The first-order chi connectivity index (χ1) is 8.08. The molecule has 1 aromatic rings. The molecule has 0 aliphatic carbocycles. The summed E-state index contributed by atoms with van der Waals surface area (Å²) < 4.78 is 0. The molecule has 0 N–H and O–H groups in total. The number of carbonyl (C=O) groups excluding carboxylic acids is 2. The van der Waals surface area contributed by atoms with Gasteiger partial charge in [0.1, 0.15) is 5.15 Å². The SMILES string of the molecule is CN1CCN(Cc2ccc(Cl)nc2)C(=O)C1=O. The van der Waals surface area contributed by atoms with E-state index in [2.05, 4.69) is 4.98 Å². The van der Waals surface area contributed by atoms with Crippen LogP contribution in [0.2, 0.25) is 5.15 Å². The first kappa shape index (κ1) is 11.9. The number of carbonyl (C=O) groups is 2. The van der Waals surface area contributed by atoms with E-state index in [1.165, 1.54) is 9.80 Å². The molecule has 0 aromatic carbocycles. The molecular weight excluding hydrogens is 242 g/mol. The lowest BCUT2D eigenvalue weighted by Crippen LogP contribution is -2.52. The summed E-state index contributed by atoms with van der Waals surface area (Å²) >= 11 is 5.67. The molecule has 2 amide bonds. The quantitative estimate of drug-likeness (QED) is 0.571. The van der Waals surface area contributed by atoms with Crippen LogP contribution in [-0.2, 0) is 16.1 Å². The Morgan fingerprint density at radius 3 is 2.71 bits per heavy atom. The number of hydrogen-bond acceptors (Lipinski definition) is 3. The molecule has 0 atom stereocenters. The molecule has 1 fully saturated rings. The second-order valence-corrected chi connectivity index (χ2v) is 4.33. The predicted molar refractivity (Wildman–Crippen MR) is 62.3 cm³/mol. The summed E-state index contributed by atoms with van der Waals surface area (Å²) in [5, 5.41) is 0.412. The Morgan fingerprint density at radius 2 is 2.06 bits per heavy atom. The van der Waals surface area contributed by atoms with Crippen LogP contribution >= 0.6 is 11.6 Å². The third-order valence-corrected chi connectivity index (χ3v) is 2.91. The van der Waals surface area contributed by atoms with E-state index < -0.39 is 11.8 Å². The van der Waals surface area contributed by atoms with Crippen molar-refractivity contribution in [2.45, 2.75) is 6.54 Å². The molecule has 0 radical (unpaired) electrons. The Balaban J connectivity index is 2.07. The van der Waals surface area contributed by atoms with Crippen LogP contribution in [0.25, 0.3) is 0 Å². The van der Waals surface area contributed by atoms with Crippen molar-refractivity contribution in [3.8, 4) is 0 Å². The summed E-state index contributed by atoms with van der Waals surface area (Å²) in [6.07, 6.45) is 1.61. The van der Waals surface area contributed by atoms with E-state index in [9.17, 15) is 9.59 Å². The lowest BCUT2D eigenvalue weighted by molar-refractivity contribution is -0.155. The summed E-state index contributed by atoms with van der Waals surface area (Å²) in [4.78, 5) is 30.1. The van der Waals surface area contributed by atoms with E-state index in [0.717, 1.165) is 5.56 Å². The van der Waals surface area contributed by atoms with Gasteiger partial charge in [-0.05, 0) is 11.6 Å². The van der Waals surface area contributed by atoms with Crippen molar-refractivity contribution >= 4 is 23.4 Å². The summed E-state index contributed by atoms with van der Waals surface area (Å²) in [7, 11) is 1.63. The van der Waals surface area contributed by atoms with Crippen molar-refractivity contribution < 1.29 is 9.59 Å². The lowest BCUT2D eigenvalue weighted by atomic mass is 10.2. The van der Waals surface area contributed by atoms with Gasteiger partial charge in [-0.1, -0.05) is 17.7 Å². The molecule has 0 bridgehead atoms. The highest BCUT2D eigenvalue weighted by Gasteiger charge is 2.29. The van der Waals surface area contributed by atoms with E-state index in [0.29, 0.717) is 24.8 Å². The highest BCUT2D eigenvalue weighted by atomic mass is 35.5. The molecule has 90 valence electrons. The first-order valence-electron chi connectivity index (χ1n) is 5.23. The fourth-order valence-corrected chi connectivity index (χ4v) is 1.76. The van der Waals surface area contributed by atoms with Gasteiger partial charge in [0.2, 0.25) is 0 Å². The first-order valence-corrected chi connectivity index (χ1v) is 5.60. The highest BCUT2D eigenvalue weighted by molar-refractivity contribution is 6.35. The molecule has 0 unspecified atom stereocenters. The monoisotopic (exact) mass is 253 g/mol. The molecule has 0 spiro atoms. The number of amides is 2. The van der Waals surface area contributed by atoms with E-state index >= 15 is 0 Å². The maximum atomic E-state index is 11.7. The number of pyridine rings is 1. The number of rotatable bonds is 2. The number of hydrogen-bond donors (Lipinski definition) is 0. The molecule has 1 saturated heterocycles. The van der Waals surface area contributed by atoms with E-state index in [4.69, 9.17) is 11.6 Å². The Labute approximate surface area is 104 Å².